The van der Waals surface area contributed by atoms with Crippen molar-refractivity contribution < 1.29 is 9.53 Å². The van der Waals surface area contributed by atoms with Crippen LogP contribution in [0.2, 0.25) is 18.1 Å². The molecule has 23 heavy (non-hydrogen) atoms. The van der Waals surface area contributed by atoms with Crippen LogP contribution >= 0.6 is 0 Å². The molecule has 1 saturated carbocycles. The molecule has 1 rings (SSSR count). The summed E-state index contributed by atoms with van der Waals surface area (Å²) in [6.45, 7) is 18.5. The Hall–Kier alpha value is -0.383. The molecule has 0 amide bonds. The van der Waals surface area contributed by atoms with E-state index >= 15 is 0 Å². The molecule has 0 aliphatic heterocycles. The Labute approximate surface area is 145 Å². The average Bonchev–Trinajstić information content (AvgIpc) is 2.76. The third-order valence-electron chi connectivity index (χ3n) is 5.91. The highest BCUT2D eigenvalue weighted by molar-refractivity contribution is 6.74. The Morgan fingerprint density at radius 3 is 2.48 bits per heavy atom. The summed E-state index contributed by atoms with van der Waals surface area (Å²) >= 11 is 0. The van der Waals surface area contributed by atoms with Gasteiger partial charge in [0.05, 0.1) is 6.10 Å². The monoisotopic (exact) mass is 338 g/mol. The summed E-state index contributed by atoms with van der Waals surface area (Å²) in [5.74, 6) is 1.26. The largest absolute Gasteiger partial charge is 0.417 e. The molecule has 0 spiro atoms. The lowest BCUT2D eigenvalue weighted by Gasteiger charge is -2.36. The van der Waals surface area contributed by atoms with Gasteiger partial charge in [0.15, 0.2) is 8.32 Å². The van der Waals surface area contributed by atoms with E-state index < -0.39 is 8.32 Å². The third kappa shape index (κ3) is 5.58. The predicted octanol–water partition coefficient (Wildman–Crippen LogP) is 5.55. The van der Waals surface area contributed by atoms with E-state index in [4.69, 9.17) is 4.43 Å². The van der Waals surface area contributed by atoms with Crippen molar-refractivity contribution in [2.45, 2.75) is 77.6 Å². The number of hydrogen-bond acceptors (Lipinski definition) is 2. The highest BCUT2D eigenvalue weighted by Crippen LogP contribution is 2.40. The Kier molecular flexibility index (Phi) is 7.76. The van der Waals surface area contributed by atoms with Gasteiger partial charge in [0.2, 0.25) is 0 Å². The number of allylic oxidation sites excluding steroid dienone is 3. The van der Waals surface area contributed by atoms with Crippen LogP contribution in [-0.2, 0) is 4.43 Å². The fraction of sp³-hybridized carbons (Fsp3) is 0.800. The summed E-state index contributed by atoms with van der Waals surface area (Å²) in [6.07, 6.45) is 10.5. The van der Waals surface area contributed by atoms with Gasteiger partial charge in [-0.15, -0.1) is 6.58 Å². The van der Waals surface area contributed by atoms with Crippen LogP contribution in [0.4, 0.5) is 0 Å². The number of aliphatic hydroxyl groups is 1. The van der Waals surface area contributed by atoms with Crippen LogP contribution in [0.1, 0.15) is 53.4 Å². The molecular weight excluding hydrogens is 300 g/mol. The van der Waals surface area contributed by atoms with Crippen molar-refractivity contribution in [1.82, 2.24) is 0 Å². The molecule has 4 atom stereocenters. The van der Waals surface area contributed by atoms with E-state index in [9.17, 15) is 5.11 Å². The van der Waals surface area contributed by atoms with Crippen molar-refractivity contribution in [3.8, 4) is 0 Å². The topological polar surface area (TPSA) is 29.5 Å². The van der Waals surface area contributed by atoms with Gasteiger partial charge in [-0.3, -0.25) is 0 Å². The lowest BCUT2D eigenvalue weighted by atomic mass is 9.87. The van der Waals surface area contributed by atoms with Crippen molar-refractivity contribution in [3.63, 3.8) is 0 Å². The molecule has 1 N–H and O–H groups in total. The Morgan fingerprint density at radius 2 is 1.96 bits per heavy atom. The summed E-state index contributed by atoms with van der Waals surface area (Å²) in [5.41, 5.74) is 0. The number of unbranched alkanes of at least 4 members (excludes halogenated alkanes) is 1. The minimum absolute atomic E-state index is 0.167. The smallest absolute Gasteiger partial charge is 0.191 e. The molecule has 1 aliphatic rings. The van der Waals surface area contributed by atoms with Crippen LogP contribution in [0.3, 0.4) is 0 Å². The maximum absolute atomic E-state index is 10.2. The third-order valence-corrected chi connectivity index (χ3v) is 10.4. The standard InChI is InChI=1S/C20H38O2Si/c1-8-17-16(15-19(21)18(17)9-2)13-11-10-12-14-22-23(6,7)20(3,4)5/h8,11,13,16-19,21H,1,9-10,12,14-15H2,2-7H3/b13-11+/t16-,17-,18-,19+/m1/s1. The van der Waals surface area contributed by atoms with E-state index in [1.54, 1.807) is 0 Å². The lowest BCUT2D eigenvalue weighted by Crippen LogP contribution is -2.40. The minimum Gasteiger partial charge on any atom is -0.417 e. The maximum Gasteiger partial charge on any atom is 0.191 e. The molecule has 0 radical (unpaired) electrons. The van der Waals surface area contributed by atoms with Crippen molar-refractivity contribution in [3.05, 3.63) is 24.8 Å². The van der Waals surface area contributed by atoms with Gasteiger partial charge in [-0.1, -0.05) is 52.3 Å². The molecule has 2 nitrogen and oxygen atoms in total. The fourth-order valence-corrected chi connectivity index (χ4v) is 4.39. The molecule has 0 aromatic rings. The van der Waals surface area contributed by atoms with Crippen molar-refractivity contribution in [1.29, 1.82) is 0 Å². The molecule has 0 aromatic carbocycles. The lowest BCUT2D eigenvalue weighted by molar-refractivity contribution is 0.122. The van der Waals surface area contributed by atoms with Crippen LogP contribution in [-0.4, -0.2) is 26.1 Å². The number of rotatable bonds is 8. The molecule has 0 bridgehead atoms. The highest BCUT2D eigenvalue weighted by atomic mass is 28.4. The SMILES string of the molecule is C=C[C@H]1[C@@H](CC)[C@@H](O)C[C@H]1/C=C/CCCO[Si](C)(C)C(C)(C)C. The van der Waals surface area contributed by atoms with Crippen LogP contribution in [0.25, 0.3) is 0 Å². The van der Waals surface area contributed by atoms with Gasteiger partial charge in [-0.25, -0.2) is 0 Å². The highest BCUT2D eigenvalue weighted by Gasteiger charge is 2.38. The van der Waals surface area contributed by atoms with E-state index in [2.05, 4.69) is 59.5 Å². The van der Waals surface area contributed by atoms with Crippen molar-refractivity contribution >= 4 is 8.32 Å². The van der Waals surface area contributed by atoms with Gasteiger partial charge >= 0.3 is 0 Å². The summed E-state index contributed by atoms with van der Waals surface area (Å²) in [7, 11) is -1.60. The zero-order valence-corrected chi connectivity index (χ0v) is 17.1. The van der Waals surface area contributed by atoms with E-state index in [0.717, 1.165) is 32.3 Å². The predicted molar refractivity (Wildman–Crippen MR) is 103 cm³/mol. The molecule has 0 unspecified atom stereocenters. The van der Waals surface area contributed by atoms with Gasteiger partial charge in [-0.2, -0.15) is 0 Å². The number of aliphatic hydroxyl groups excluding tert-OH is 1. The van der Waals surface area contributed by atoms with E-state index in [0.29, 0.717) is 17.8 Å². The van der Waals surface area contributed by atoms with Gasteiger partial charge in [0.25, 0.3) is 0 Å². The van der Waals surface area contributed by atoms with Crippen LogP contribution in [0.5, 0.6) is 0 Å². The zero-order valence-electron chi connectivity index (χ0n) is 16.1. The quantitative estimate of drug-likeness (QED) is 0.357. The summed E-state index contributed by atoms with van der Waals surface area (Å²) < 4.78 is 6.21. The second-order valence-electron chi connectivity index (χ2n) is 8.53. The Balaban J connectivity index is 2.36. The molecular formula is C20H38O2Si. The van der Waals surface area contributed by atoms with Crippen LogP contribution in [0, 0.1) is 17.8 Å². The van der Waals surface area contributed by atoms with Crippen LogP contribution in [0.15, 0.2) is 24.8 Å². The zero-order chi connectivity index (χ0) is 17.7. The first-order chi connectivity index (χ1) is 10.6. The molecule has 0 saturated heterocycles. The fourth-order valence-electron chi connectivity index (χ4n) is 3.30. The molecule has 0 heterocycles. The first kappa shape index (κ1) is 20.7. The average molecular weight is 339 g/mol. The second-order valence-corrected chi connectivity index (χ2v) is 13.3. The normalized spacial score (nSPS) is 29.3. The molecule has 0 aromatic heterocycles. The minimum atomic E-state index is -1.60. The summed E-state index contributed by atoms with van der Waals surface area (Å²) in [6, 6.07) is 0. The van der Waals surface area contributed by atoms with Gasteiger partial charge in [-0.05, 0) is 55.1 Å². The summed E-state index contributed by atoms with van der Waals surface area (Å²) in [4.78, 5) is 0. The first-order valence-electron chi connectivity index (χ1n) is 9.25. The van der Waals surface area contributed by atoms with Gasteiger partial charge in [0.1, 0.15) is 0 Å². The molecule has 3 heteroatoms. The molecule has 1 fully saturated rings. The Morgan fingerprint density at radius 1 is 1.30 bits per heavy atom. The molecule has 134 valence electrons. The van der Waals surface area contributed by atoms with Crippen molar-refractivity contribution in [2.75, 3.05) is 6.61 Å². The van der Waals surface area contributed by atoms with E-state index in [-0.39, 0.29) is 11.1 Å². The van der Waals surface area contributed by atoms with Crippen LogP contribution < -0.4 is 0 Å². The summed E-state index contributed by atoms with van der Waals surface area (Å²) in [5, 5.41) is 10.5. The van der Waals surface area contributed by atoms with Crippen molar-refractivity contribution in [2.24, 2.45) is 17.8 Å². The Bertz CT molecular complexity index is 395. The van der Waals surface area contributed by atoms with Gasteiger partial charge in [0, 0.05) is 6.61 Å². The van der Waals surface area contributed by atoms with Gasteiger partial charge < -0.3 is 9.53 Å². The van der Waals surface area contributed by atoms with E-state index in [1.165, 1.54) is 0 Å². The molecule has 1 aliphatic carbocycles. The maximum atomic E-state index is 10.2. The van der Waals surface area contributed by atoms with E-state index in [1.807, 2.05) is 6.08 Å². The first-order valence-corrected chi connectivity index (χ1v) is 12.2. The second kappa shape index (κ2) is 8.64. The number of hydrogen-bond donors (Lipinski definition) is 1.